The van der Waals surface area contributed by atoms with E-state index in [0.29, 0.717) is 13.0 Å². The number of amides is 1. The number of hydrogen-bond acceptors (Lipinski definition) is 4. The molecule has 0 spiro atoms. The molecule has 0 bridgehead atoms. The third-order valence-corrected chi connectivity index (χ3v) is 7.00. The minimum atomic E-state index is -0.0654. The Labute approximate surface area is 184 Å². The second-order valence-electron chi connectivity index (χ2n) is 9.26. The van der Waals surface area contributed by atoms with Gasteiger partial charge in [0.2, 0.25) is 5.91 Å². The summed E-state index contributed by atoms with van der Waals surface area (Å²) in [5.74, 6) is 1.59. The predicted molar refractivity (Wildman–Crippen MR) is 118 cm³/mol. The van der Waals surface area contributed by atoms with Crippen LogP contribution in [0.1, 0.15) is 62.2 Å². The second kappa shape index (κ2) is 9.47. The van der Waals surface area contributed by atoms with Crippen molar-refractivity contribution in [2.45, 2.75) is 76.8 Å². The van der Waals surface area contributed by atoms with E-state index >= 15 is 0 Å². The van der Waals surface area contributed by atoms with Gasteiger partial charge in [0.1, 0.15) is 17.5 Å². The van der Waals surface area contributed by atoms with Crippen LogP contribution in [0.5, 0.6) is 0 Å². The highest BCUT2D eigenvalue weighted by atomic mass is 19.1. The highest BCUT2D eigenvalue weighted by Gasteiger charge is 2.39. The molecule has 6 nitrogen and oxygen atoms in total. The van der Waals surface area contributed by atoms with Crippen molar-refractivity contribution in [1.82, 2.24) is 25.0 Å². The minimum Gasteiger partial charge on any atom is -0.353 e. The summed E-state index contributed by atoms with van der Waals surface area (Å²) in [4.78, 5) is 19.2. The van der Waals surface area contributed by atoms with Gasteiger partial charge in [0.25, 0.3) is 0 Å². The Kier molecular flexibility index (Phi) is 6.70. The number of carbonyl (C=O) groups excluding carboxylic acids is 1. The number of carbonyl (C=O) groups is 1. The van der Waals surface area contributed by atoms with E-state index < -0.39 is 0 Å². The molecule has 1 aliphatic carbocycles. The molecule has 0 atom stereocenters. The third-order valence-electron chi connectivity index (χ3n) is 7.00. The molecule has 2 aromatic rings. The average Bonchev–Trinajstić information content (AvgIpc) is 3.34. The summed E-state index contributed by atoms with van der Waals surface area (Å²) < 4.78 is 16.4. The van der Waals surface area contributed by atoms with Gasteiger partial charge < -0.3 is 10.2 Å². The first kappa shape index (κ1) is 21.9. The van der Waals surface area contributed by atoms with Crippen LogP contribution in [0.2, 0.25) is 0 Å². The fourth-order valence-corrected chi connectivity index (χ4v) is 5.40. The van der Waals surface area contributed by atoms with Gasteiger partial charge in [-0.05, 0) is 51.2 Å². The predicted octanol–water partition coefficient (Wildman–Crippen LogP) is 3.52. The number of piperidine rings is 1. The minimum absolute atomic E-state index is 0.0603. The highest BCUT2D eigenvalue weighted by Crippen LogP contribution is 2.43. The van der Waals surface area contributed by atoms with Gasteiger partial charge in [0, 0.05) is 37.5 Å². The summed E-state index contributed by atoms with van der Waals surface area (Å²) in [5, 5.41) is 7.51. The molecule has 0 unspecified atom stereocenters. The summed E-state index contributed by atoms with van der Waals surface area (Å²) in [6, 6.07) is 7.53. The zero-order valence-electron chi connectivity index (χ0n) is 18.7. The van der Waals surface area contributed by atoms with Crippen LogP contribution in [0.3, 0.4) is 0 Å². The first-order valence-corrected chi connectivity index (χ1v) is 11.6. The fourth-order valence-electron chi connectivity index (χ4n) is 5.40. The molecule has 31 heavy (non-hydrogen) atoms. The molecule has 1 amide bonds. The van der Waals surface area contributed by atoms with Crippen LogP contribution in [0.15, 0.2) is 24.3 Å². The molecule has 1 N–H and O–H groups in total. The summed E-state index contributed by atoms with van der Waals surface area (Å²) >= 11 is 0. The van der Waals surface area contributed by atoms with Crippen LogP contribution < -0.4 is 5.32 Å². The van der Waals surface area contributed by atoms with Gasteiger partial charge in [-0.2, -0.15) is 5.10 Å². The van der Waals surface area contributed by atoms with E-state index in [4.69, 9.17) is 0 Å². The number of benzene rings is 1. The van der Waals surface area contributed by atoms with Crippen LogP contribution in [-0.2, 0) is 16.8 Å². The Morgan fingerprint density at radius 3 is 2.55 bits per heavy atom. The summed E-state index contributed by atoms with van der Waals surface area (Å²) in [5.41, 5.74) is 0.830. The van der Waals surface area contributed by atoms with Crippen molar-refractivity contribution in [3.05, 3.63) is 47.3 Å². The van der Waals surface area contributed by atoms with E-state index in [0.717, 1.165) is 62.5 Å². The second-order valence-corrected chi connectivity index (χ2v) is 9.26. The maximum atomic E-state index is 14.6. The zero-order valence-corrected chi connectivity index (χ0v) is 18.7. The molecule has 1 saturated heterocycles. The average molecular weight is 428 g/mol. The monoisotopic (exact) mass is 427 g/mol. The molecule has 1 aromatic heterocycles. The normalized spacial score (nSPS) is 19.6. The Morgan fingerprint density at radius 1 is 1.19 bits per heavy atom. The van der Waals surface area contributed by atoms with E-state index in [1.807, 2.05) is 26.0 Å². The number of aryl methyl sites for hydroxylation is 3. The zero-order chi connectivity index (χ0) is 21.8. The lowest BCUT2D eigenvalue weighted by molar-refractivity contribution is -0.122. The number of likely N-dealkylation sites (tertiary alicyclic amines) is 1. The van der Waals surface area contributed by atoms with Gasteiger partial charge >= 0.3 is 0 Å². The number of nitrogens with zero attached hydrogens (tertiary/aromatic N) is 4. The van der Waals surface area contributed by atoms with Crippen molar-refractivity contribution in [2.24, 2.45) is 0 Å². The van der Waals surface area contributed by atoms with Gasteiger partial charge in [0.15, 0.2) is 0 Å². The topological polar surface area (TPSA) is 63.1 Å². The number of aromatic nitrogens is 3. The molecule has 4 rings (SSSR count). The number of nitrogens with one attached hydrogen (secondary N) is 1. The standard InChI is InChI=1S/C24H34FN5O/c1-18-26-19(2)30(28-18)16-11-23(31)27-20-9-14-29(15-10-20)17-24(12-5-6-13-24)21-7-3-4-8-22(21)25/h3-4,7-8,20H,5-6,9-17H2,1-2H3,(H,27,31). The molecule has 2 heterocycles. The van der Waals surface area contributed by atoms with E-state index in [2.05, 4.69) is 20.3 Å². The van der Waals surface area contributed by atoms with Crippen LogP contribution in [0.4, 0.5) is 4.39 Å². The third kappa shape index (κ3) is 5.14. The molecular formula is C24H34FN5O. The first-order valence-electron chi connectivity index (χ1n) is 11.6. The first-order chi connectivity index (χ1) is 14.9. The van der Waals surface area contributed by atoms with Crippen LogP contribution >= 0.6 is 0 Å². The fraction of sp³-hybridized carbons (Fsp3) is 0.625. The lowest BCUT2D eigenvalue weighted by Gasteiger charge is -2.39. The molecule has 2 aliphatic rings. The van der Waals surface area contributed by atoms with E-state index in [1.165, 1.54) is 12.8 Å². The number of hydrogen-bond donors (Lipinski definition) is 1. The molecule has 1 aromatic carbocycles. The van der Waals surface area contributed by atoms with Crippen molar-refractivity contribution in [2.75, 3.05) is 19.6 Å². The quantitative estimate of drug-likeness (QED) is 0.734. The molecule has 168 valence electrons. The van der Waals surface area contributed by atoms with E-state index in [1.54, 1.807) is 16.8 Å². The Hall–Kier alpha value is -2.28. The molecule has 0 radical (unpaired) electrons. The summed E-state index contributed by atoms with van der Waals surface area (Å²) in [7, 11) is 0. The van der Waals surface area contributed by atoms with E-state index in [-0.39, 0.29) is 23.2 Å². The highest BCUT2D eigenvalue weighted by molar-refractivity contribution is 5.76. The van der Waals surface area contributed by atoms with Crippen molar-refractivity contribution >= 4 is 5.91 Å². The maximum Gasteiger partial charge on any atom is 0.222 e. The smallest absolute Gasteiger partial charge is 0.222 e. The van der Waals surface area contributed by atoms with Crippen LogP contribution in [-0.4, -0.2) is 51.2 Å². The van der Waals surface area contributed by atoms with Crippen molar-refractivity contribution in [3.63, 3.8) is 0 Å². The largest absolute Gasteiger partial charge is 0.353 e. The number of halogens is 1. The van der Waals surface area contributed by atoms with Crippen LogP contribution in [0.25, 0.3) is 0 Å². The summed E-state index contributed by atoms with van der Waals surface area (Å²) in [6.45, 7) is 7.14. The van der Waals surface area contributed by atoms with Gasteiger partial charge in [-0.15, -0.1) is 0 Å². The lowest BCUT2D eigenvalue weighted by atomic mass is 9.77. The Morgan fingerprint density at radius 2 is 1.90 bits per heavy atom. The SMILES string of the molecule is Cc1nc(C)n(CCC(=O)NC2CCN(CC3(c4ccccc4F)CCCC3)CC2)n1. The van der Waals surface area contributed by atoms with Gasteiger partial charge in [-0.1, -0.05) is 31.0 Å². The molecule has 7 heteroatoms. The number of rotatable bonds is 7. The maximum absolute atomic E-state index is 14.6. The Balaban J connectivity index is 1.27. The molecule has 1 aliphatic heterocycles. The summed E-state index contributed by atoms with van der Waals surface area (Å²) in [6.07, 6.45) is 6.77. The van der Waals surface area contributed by atoms with Gasteiger partial charge in [-0.3, -0.25) is 4.79 Å². The molecular weight excluding hydrogens is 393 g/mol. The van der Waals surface area contributed by atoms with E-state index in [9.17, 15) is 9.18 Å². The molecule has 2 fully saturated rings. The van der Waals surface area contributed by atoms with Crippen molar-refractivity contribution < 1.29 is 9.18 Å². The van der Waals surface area contributed by atoms with Crippen molar-refractivity contribution in [3.8, 4) is 0 Å². The van der Waals surface area contributed by atoms with Gasteiger partial charge in [-0.25, -0.2) is 14.1 Å². The lowest BCUT2D eigenvalue weighted by Crippen LogP contribution is -2.48. The molecule has 1 saturated carbocycles. The van der Waals surface area contributed by atoms with Crippen molar-refractivity contribution in [1.29, 1.82) is 0 Å². The Bertz CT molecular complexity index is 897. The van der Waals surface area contributed by atoms with Gasteiger partial charge in [0.05, 0.1) is 6.54 Å². The van der Waals surface area contributed by atoms with Crippen LogP contribution in [0, 0.1) is 19.7 Å².